The van der Waals surface area contributed by atoms with Crippen LogP contribution in [0.15, 0.2) is 41.4 Å². The molecule has 0 radical (unpaired) electrons. The summed E-state index contributed by atoms with van der Waals surface area (Å²) in [4.78, 5) is 18.5. The lowest BCUT2D eigenvalue weighted by Crippen LogP contribution is -2.53. The minimum absolute atomic E-state index is 0.00780. The fourth-order valence-corrected chi connectivity index (χ4v) is 3.58. The Labute approximate surface area is 173 Å². The first kappa shape index (κ1) is 21.7. The molecule has 0 aromatic heterocycles. The van der Waals surface area contributed by atoms with Gasteiger partial charge in [0.05, 0.1) is 12.1 Å². The number of ether oxygens (including phenoxy) is 1. The zero-order chi connectivity index (χ0) is 22.3. The summed E-state index contributed by atoms with van der Waals surface area (Å²) in [7, 11) is 1.63. The zero-order valence-electron chi connectivity index (χ0n) is 17.5. The van der Waals surface area contributed by atoms with Gasteiger partial charge in [0.2, 0.25) is 5.72 Å². The summed E-state index contributed by atoms with van der Waals surface area (Å²) in [6.07, 6.45) is -4.42. The van der Waals surface area contributed by atoms with Crippen LogP contribution in [0.3, 0.4) is 0 Å². The number of nitrogens with one attached hydrogen (secondary N) is 1. The van der Waals surface area contributed by atoms with Crippen LogP contribution < -0.4 is 10.1 Å². The number of amides is 1. The third-order valence-corrected chi connectivity index (χ3v) is 4.83. The summed E-state index contributed by atoms with van der Waals surface area (Å²) in [5.74, 6) is 0.338. The molecule has 8 heteroatoms. The third kappa shape index (κ3) is 4.58. The summed E-state index contributed by atoms with van der Waals surface area (Å²) < 4.78 is 44.5. The van der Waals surface area contributed by atoms with Gasteiger partial charge in [-0.15, -0.1) is 0 Å². The number of aliphatic imine (C=N–C) groups is 1. The van der Waals surface area contributed by atoms with E-state index in [9.17, 15) is 18.0 Å². The van der Waals surface area contributed by atoms with Crippen LogP contribution in [0, 0.1) is 20.8 Å². The maximum atomic E-state index is 12.8. The van der Waals surface area contributed by atoms with Gasteiger partial charge in [0.1, 0.15) is 5.75 Å². The molecule has 0 saturated heterocycles. The number of nitrogens with zero attached hydrogens (tertiary/aromatic N) is 2. The zero-order valence-corrected chi connectivity index (χ0v) is 17.5. The maximum absolute atomic E-state index is 12.8. The van der Waals surface area contributed by atoms with Gasteiger partial charge in [0.15, 0.2) is 5.84 Å². The second-order valence-corrected chi connectivity index (χ2v) is 7.83. The first-order chi connectivity index (χ1) is 13.9. The third-order valence-electron chi connectivity index (χ3n) is 4.83. The highest BCUT2D eigenvalue weighted by Crippen LogP contribution is 2.32. The highest BCUT2D eigenvalue weighted by molar-refractivity contribution is 6.42. The average molecular weight is 419 g/mol. The van der Waals surface area contributed by atoms with Crippen molar-refractivity contribution in [3.8, 4) is 5.75 Å². The predicted molar refractivity (Wildman–Crippen MR) is 110 cm³/mol. The molecule has 1 amide bonds. The SMILES string of the molecule is Cc1cc(C)c(OC2(C)CN(C)C(=O)C(Nc3ccc(C(F)(F)F)cc3)=N2)c(C)c1. The van der Waals surface area contributed by atoms with Crippen molar-refractivity contribution in [2.45, 2.75) is 39.6 Å². The Morgan fingerprint density at radius 2 is 1.67 bits per heavy atom. The molecule has 2 aromatic rings. The number of carbonyl (C=O) groups is 1. The first-order valence-corrected chi connectivity index (χ1v) is 9.44. The molecular weight excluding hydrogens is 395 g/mol. The minimum atomic E-state index is -4.42. The molecule has 3 rings (SSSR count). The van der Waals surface area contributed by atoms with Crippen LogP contribution in [0.5, 0.6) is 5.75 Å². The van der Waals surface area contributed by atoms with Crippen molar-refractivity contribution in [3.05, 3.63) is 58.7 Å². The number of hydrogen-bond donors (Lipinski definition) is 1. The molecular formula is C22H24F3N3O2. The summed E-state index contributed by atoms with van der Waals surface area (Å²) in [5, 5.41) is 2.83. The molecule has 0 bridgehead atoms. The first-order valence-electron chi connectivity index (χ1n) is 9.44. The maximum Gasteiger partial charge on any atom is 0.416 e. The van der Waals surface area contributed by atoms with E-state index in [0.29, 0.717) is 11.4 Å². The molecule has 0 aliphatic carbocycles. The van der Waals surface area contributed by atoms with Crippen molar-refractivity contribution in [2.24, 2.45) is 4.99 Å². The van der Waals surface area contributed by atoms with Crippen molar-refractivity contribution in [1.82, 2.24) is 4.90 Å². The van der Waals surface area contributed by atoms with Crippen molar-refractivity contribution < 1.29 is 22.7 Å². The Morgan fingerprint density at radius 3 is 2.20 bits per heavy atom. The van der Waals surface area contributed by atoms with Crippen LogP contribution in [-0.4, -0.2) is 36.0 Å². The van der Waals surface area contributed by atoms with Gasteiger partial charge in [-0.3, -0.25) is 4.79 Å². The number of halogens is 3. The smallest absolute Gasteiger partial charge is 0.416 e. The van der Waals surface area contributed by atoms with Crippen molar-refractivity contribution in [2.75, 3.05) is 18.9 Å². The van der Waals surface area contributed by atoms with Crippen LogP contribution in [0.25, 0.3) is 0 Å². The number of rotatable bonds is 3. The molecule has 1 aliphatic rings. The van der Waals surface area contributed by atoms with Crippen LogP contribution in [0.2, 0.25) is 0 Å². The van der Waals surface area contributed by atoms with Gasteiger partial charge >= 0.3 is 6.18 Å². The monoisotopic (exact) mass is 419 g/mol. The van der Waals surface area contributed by atoms with Crippen molar-refractivity contribution >= 4 is 17.4 Å². The van der Waals surface area contributed by atoms with Crippen LogP contribution in [0.1, 0.15) is 29.2 Å². The van der Waals surface area contributed by atoms with E-state index in [1.807, 2.05) is 32.9 Å². The Balaban J connectivity index is 1.89. The fourth-order valence-electron chi connectivity index (χ4n) is 3.58. The molecule has 0 fully saturated rings. The van der Waals surface area contributed by atoms with Crippen molar-refractivity contribution in [1.29, 1.82) is 0 Å². The highest BCUT2D eigenvalue weighted by atomic mass is 19.4. The molecule has 0 saturated carbocycles. The molecule has 1 unspecified atom stereocenters. The molecule has 1 N–H and O–H groups in total. The lowest BCUT2D eigenvalue weighted by atomic mass is 10.1. The summed E-state index contributed by atoms with van der Waals surface area (Å²) in [6, 6.07) is 8.45. The van der Waals surface area contributed by atoms with E-state index in [4.69, 9.17) is 4.74 Å². The van der Waals surface area contributed by atoms with Gasteiger partial charge < -0.3 is 15.0 Å². The van der Waals surface area contributed by atoms with E-state index < -0.39 is 17.5 Å². The fraction of sp³-hybridized carbons (Fsp3) is 0.364. The lowest BCUT2D eigenvalue weighted by molar-refractivity contribution is -0.137. The van der Waals surface area contributed by atoms with E-state index in [1.54, 1.807) is 14.0 Å². The normalized spacial score (nSPS) is 19.5. The highest BCUT2D eigenvalue weighted by Gasteiger charge is 2.38. The molecule has 1 atom stereocenters. The molecule has 2 aromatic carbocycles. The minimum Gasteiger partial charge on any atom is -0.464 e. The molecule has 30 heavy (non-hydrogen) atoms. The number of aryl methyl sites for hydroxylation is 3. The second kappa shape index (κ2) is 7.66. The Kier molecular flexibility index (Phi) is 5.54. The van der Waals surface area contributed by atoms with Crippen LogP contribution in [0.4, 0.5) is 18.9 Å². The average Bonchev–Trinajstić information content (AvgIpc) is 2.62. The van der Waals surface area contributed by atoms with E-state index in [-0.39, 0.29) is 18.3 Å². The molecule has 5 nitrogen and oxygen atoms in total. The number of amidine groups is 1. The summed E-state index contributed by atoms with van der Waals surface area (Å²) in [5.41, 5.74) is 1.55. The summed E-state index contributed by atoms with van der Waals surface area (Å²) in [6.45, 7) is 7.89. The number of likely N-dealkylation sites (N-methyl/N-ethyl adjacent to an activating group) is 1. The number of anilines is 1. The Bertz CT molecular complexity index is 977. The van der Waals surface area contributed by atoms with Gasteiger partial charge in [-0.2, -0.15) is 13.2 Å². The lowest BCUT2D eigenvalue weighted by Gasteiger charge is -2.36. The van der Waals surface area contributed by atoms with E-state index >= 15 is 0 Å². The largest absolute Gasteiger partial charge is 0.464 e. The van der Waals surface area contributed by atoms with Gasteiger partial charge in [-0.1, -0.05) is 17.7 Å². The quantitative estimate of drug-likeness (QED) is 0.784. The van der Waals surface area contributed by atoms with Crippen molar-refractivity contribution in [3.63, 3.8) is 0 Å². The standard InChI is InChI=1S/C22H24F3N3O2/c1-13-10-14(2)18(15(3)11-13)30-21(4)12-28(5)20(29)19(27-21)26-17-8-6-16(7-9-17)22(23,24)25/h6-11H,12H2,1-5H3,(H,26,27). The number of alkyl halides is 3. The molecule has 1 heterocycles. The van der Waals surface area contributed by atoms with E-state index in [0.717, 1.165) is 28.8 Å². The van der Waals surface area contributed by atoms with E-state index in [2.05, 4.69) is 10.3 Å². The topological polar surface area (TPSA) is 53.9 Å². The molecule has 0 spiro atoms. The Morgan fingerprint density at radius 1 is 1.10 bits per heavy atom. The predicted octanol–water partition coefficient (Wildman–Crippen LogP) is 4.71. The number of hydrogen-bond acceptors (Lipinski definition) is 4. The van der Waals surface area contributed by atoms with Gasteiger partial charge in [0, 0.05) is 12.7 Å². The molecule has 160 valence electrons. The number of carbonyl (C=O) groups excluding carboxylic acids is 1. The van der Waals surface area contributed by atoms with Gasteiger partial charge in [0.25, 0.3) is 5.91 Å². The Hall–Kier alpha value is -3.03. The van der Waals surface area contributed by atoms with Crippen LogP contribution in [-0.2, 0) is 11.0 Å². The van der Waals surface area contributed by atoms with E-state index in [1.165, 1.54) is 17.0 Å². The molecule has 1 aliphatic heterocycles. The number of benzene rings is 2. The van der Waals surface area contributed by atoms with Gasteiger partial charge in [-0.25, -0.2) is 4.99 Å². The summed E-state index contributed by atoms with van der Waals surface area (Å²) >= 11 is 0. The van der Waals surface area contributed by atoms with Gasteiger partial charge in [-0.05, 0) is 63.1 Å². The van der Waals surface area contributed by atoms with Crippen LogP contribution >= 0.6 is 0 Å². The second-order valence-electron chi connectivity index (χ2n) is 7.83.